The number of hydrogen-bond acceptors (Lipinski definition) is 6. The van der Waals surface area contributed by atoms with Gasteiger partial charge in [-0.2, -0.15) is 0 Å². The number of rotatable bonds is 6. The van der Waals surface area contributed by atoms with Gasteiger partial charge < -0.3 is 19.7 Å². The zero-order valence-electron chi connectivity index (χ0n) is 16.8. The first-order valence-corrected chi connectivity index (χ1v) is 9.70. The average molecular weight is 517 g/mol. The monoisotopic (exact) mass is 515 g/mol. The SMILES string of the molecule is CCOC(=O)/C=C(\O)c1ccccc1Cl.CCOC(=O)C=C(O)c1ccccc1Cl.[Cu]. The number of ether oxygens (including phenoxy) is 2. The third-order valence-electron chi connectivity index (χ3n) is 3.38. The van der Waals surface area contributed by atoms with Gasteiger partial charge in [-0.05, 0) is 38.1 Å². The van der Waals surface area contributed by atoms with E-state index in [2.05, 4.69) is 9.47 Å². The second-order valence-electron chi connectivity index (χ2n) is 5.52. The molecule has 6 nitrogen and oxygen atoms in total. The first-order chi connectivity index (χ1) is 14.3. The van der Waals surface area contributed by atoms with E-state index in [-0.39, 0.29) is 41.8 Å². The number of carbonyl (C=O) groups is 2. The number of aliphatic hydroxyl groups is 2. The maximum atomic E-state index is 11.0. The molecule has 0 saturated heterocycles. The van der Waals surface area contributed by atoms with Crippen LogP contribution in [-0.2, 0) is 36.1 Å². The normalized spacial score (nSPS) is 10.8. The molecule has 0 aliphatic heterocycles. The second kappa shape index (κ2) is 15.4. The molecular weight excluding hydrogens is 495 g/mol. The standard InChI is InChI=1S/2C11H11ClO3.Cu/c2*1-2-15-11(14)7-10(13)8-5-3-4-6-9(8)12;/h2*3-7,13H,2H2,1H3;/b10-7-;;. The number of carbonyl (C=O) groups excluding carboxylic acids is 2. The van der Waals surface area contributed by atoms with E-state index in [9.17, 15) is 19.8 Å². The smallest absolute Gasteiger partial charge is 0.334 e. The van der Waals surface area contributed by atoms with Crippen molar-refractivity contribution in [1.82, 2.24) is 0 Å². The van der Waals surface area contributed by atoms with Gasteiger partial charge in [-0.15, -0.1) is 0 Å². The van der Waals surface area contributed by atoms with Crippen molar-refractivity contribution >= 4 is 46.7 Å². The van der Waals surface area contributed by atoms with Crippen LogP contribution in [0.3, 0.4) is 0 Å². The predicted octanol–water partition coefficient (Wildman–Crippen LogP) is 5.60. The summed E-state index contributed by atoms with van der Waals surface area (Å²) < 4.78 is 9.31. The fourth-order valence-corrected chi connectivity index (χ4v) is 2.55. The average Bonchev–Trinajstić information content (AvgIpc) is 2.69. The van der Waals surface area contributed by atoms with Crippen molar-refractivity contribution < 1.29 is 46.3 Å². The zero-order valence-corrected chi connectivity index (χ0v) is 19.2. The fourth-order valence-electron chi connectivity index (χ4n) is 2.08. The van der Waals surface area contributed by atoms with Crippen molar-refractivity contribution in [3.63, 3.8) is 0 Å². The van der Waals surface area contributed by atoms with Crippen LogP contribution >= 0.6 is 23.2 Å². The largest absolute Gasteiger partial charge is 0.507 e. The van der Waals surface area contributed by atoms with Gasteiger partial charge in [0, 0.05) is 28.2 Å². The maximum absolute atomic E-state index is 11.0. The molecule has 31 heavy (non-hydrogen) atoms. The van der Waals surface area contributed by atoms with Crippen molar-refractivity contribution in [3.8, 4) is 0 Å². The summed E-state index contributed by atoms with van der Waals surface area (Å²) >= 11 is 11.7. The van der Waals surface area contributed by atoms with Crippen LogP contribution in [0.1, 0.15) is 25.0 Å². The quantitative estimate of drug-likeness (QED) is 0.225. The van der Waals surface area contributed by atoms with Crippen molar-refractivity contribution in [1.29, 1.82) is 0 Å². The molecule has 0 fully saturated rings. The van der Waals surface area contributed by atoms with Gasteiger partial charge in [0.2, 0.25) is 0 Å². The minimum Gasteiger partial charge on any atom is -0.507 e. The molecule has 0 heterocycles. The first kappa shape index (κ1) is 28.6. The Balaban J connectivity index is 0.000000562. The van der Waals surface area contributed by atoms with E-state index in [0.29, 0.717) is 21.2 Å². The molecule has 0 aromatic heterocycles. The summed E-state index contributed by atoms with van der Waals surface area (Å²) in [6.07, 6.45) is 2.01. The molecule has 0 atom stereocenters. The van der Waals surface area contributed by atoms with Crippen LogP contribution in [0.4, 0.5) is 0 Å². The molecule has 0 amide bonds. The Hall–Kier alpha value is -2.44. The van der Waals surface area contributed by atoms with Crippen LogP contribution in [0.25, 0.3) is 11.5 Å². The molecule has 0 bridgehead atoms. The Morgan fingerprint density at radius 2 is 1.10 bits per heavy atom. The van der Waals surface area contributed by atoms with Gasteiger partial charge >= 0.3 is 11.9 Å². The Morgan fingerprint density at radius 1 is 0.774 bits per heavy atom. The molecular formula is C22H22Cl2CuO6. The van der Waals surface area contributed by atoms with Gasteiger partial charge in [0.15, 0.2) is 0 Å². The number of aliphatic hydroxyl groups excluding tert-OH is 2. The molecule has 171 valence electrons. The Morgan fingerprint density at radius 3 is 1.39 bits per heavy atom. The van der Waals surface area contributed by atoms with E-state index in [1.165, 1.54) is 0 Å². The first-order valence-electron chi connectivity index (χ1n) is 8.94. The van der Waals surface area contributed by atoms with Gasteiger partial charge in [0.05, 0.1) is 35.4 Å². The minimum atomic E-state index is -0.588. The van der Waals surface area contributed by atoms with Crippen molar-refractivity contribution in [2.75, 3.05) is 13.2 Å². The summed E-state index contributed by atoms with van der Waals surface area (Å²) in [4.78, 5) is 22.1. The summed E-state index contributed by atoms with van der Waals surface area (Å²) in [5.41, 5.74) is 0.819. The summed E-state index contributed by atoms with van der Waals surface area (Å²) in [7, 11) is 0. The van der Waals surface area contributed by atoms with Gasteiger partial charge in [-0.3, -0.25) is 0 Å². The van der Waals surface area contributed by atoms with Gasteiger partial charge in [0.25, 0.3) is 0 Å². The summed E-state index contributed by atoms with van der Waals surface area (Å²) in [6.45, 7) is 3.92. The van der Waals surface area contributed by atoms with Crippen LogP contribution in [0.15, 0.2) is 60.7 Å². The number of halogens is 2. The summed E-state index contributed by atoms with van der Waals surface area (Å²) in [6, 6.07) is 13.4. The van der Waals surface area contributed by atoms with Crippen molar-refractivity contribution in [2.24, 2.45) is 0 Å². The number of esters is 2. The number of hydrogen-bond donors (Lipinski definition) is 2. The molecule has 1 radical (unpaired) electrons. The topological polar surface area (TPSA) is 93.1 Å². The maximum Gasteiger partial charge on any atom is 0.334 e. The Labute approximate surface area is 201 Å². The molecule has 0 unspecified atom stereocenters. The molecule has 0 spiro atoms. The van der Waals surface area contributed by atoms with Crippen LogP contribution in [0, 0.1) is 0 Å². The molecule has 9 heteroatoms. The van der Waals surface area contributed by atoms with Gasteiger partial charge in [-0.1, -0.05) is 47.5 Å². The zero-order chi connectivity index (χ0) is 22.5. The second-order valence-corrected chi connectivity index (χ2v) is 6.34. The van der Waals surface area contributed by atoms with Gasteiger partial charge in [-0.25, -0.2) is 9.59 Å². The molecule has 0 saturated carbocycles. The van der Waals surface area contributed by atoms with E-state index in [1.807, 2.05) is 0 Å². The number of benzene rings is 2. The molecule has 2 aromatic rings. The molecule has 2 rings (SSSR count). The van der Waals surface area contributed by atoms with Crippen LogP contribution in [-0.4, -0.2) is 35.4 Å². The Kier molecular flexibility index (Phi) is 14.2. The van der Waals surface area contributed by atoms with E-state index in [4.69, 9.17) is 23.2 Å². The van der Waals surface area contributed by atoms with Crippen molar-refractivity contribution in [3.05, 3.63) is 81.9 Å². The van der Waals surface area contributed by atoms with E-state index >= 15 is 0 Å². The predicted molar refractivity (Wildman–Crippen MR) is 117 cm³/mol. The van der Waals surface area contributed by atoms with E-state index in [0.717, 1.165) is 12.2 Å². The molecule has 0 aliphatic carbocycles. The molecule has 2 N–H and O–H groups in total. The Bertz CT molecular complexity index is 852. The third-order valence-corrected chi connectivity index (χ3v) is 4.04. The summed E-state index contributed by atoms with van der Waals surface area (Å²) in [5.74, 6) is -1.57. The summed E-state index contributed by atoms with van der Waals surface area (Å²) in [5, 5.41) is 19.9. The van der Waals surface area contributed by atoms with Crippen LogP contribution < -0.4 is 0 Å². The third kappa shape index (κ3) is 10.4. The van der Waals surface area contributed by atoms with E-state index in [1.54, 1.807) is 62.4 Å². The fraction of sp³-hybridized carbons (Fsp3) is 0.182. The minimum absolute atomic E-state index is 0. The molecule has 0 aliphatic rings. The van der Waals surface area contributed by atoms with Crippen LogP contribution in [0.2, 0.25) is 10.0 Å². The molecule has 2 aromatic carbocycles. The van der Waals surface area contributed by atoms with E-state index < -0.39 is 11.9 Å². The van der Waals surface area contributed by atoms with Crippen molar-refractivity contribution in [2.45, 2.75) is 13.8 Å². The van der Waals surface area contributed by atoms with Crippen LogP contribution in [0.5, 0.6) is 0 Å². The van der Waals surface area contributed by atoms with Gasteiger partial charge in [0.1, 0.15) is 11.5 Å².